The summed E-state index contributed by atoms with van der Waals surface area (Å²) in [5.74, 6) is -1.37. The van der Waals surface area contributed by atoms with Crippen LogP contribution in [-0.4, -0.2) is 131 Å². The third-order valence-electron chi connectivity index (χ3n) is 10.1. The number of rotatable bonds is 18. The van der Waals surface area contributed by atoms with Gasteiger partial charge in [0.1, 0.15) is 11.8 Å². The molecule has 4 amide bonds. The molecule has 1 atom stereocenters. The number of imide groups is 2. The molecule has 1 unspecified atom stereocenters. The zero-order valence-electron chi connectivity index (χ0n) is 41.7. The number of fused-ring (bicyclic) bond motifs is 2. The molecule has 68 heavy (non-hydrogen) atoms. The largest absolute Gasteiger partial charge is 0.416 e. The van der Waals surface area contributed by atoms with Crippen molar-refractivity contribution in [2.45, 2.75) is 87.4 Å². The Hall–Kier alpha value is -5.75. The smallest absolute Gasteiger partial charge is 0.382 e. The zero-order valence-corrected chi connectivity index (χ0v) is 41.7. The Morgan fingerprint density at radius 3 is 1.84 bits per heavy atom. The normalized spacial score (nSPS) is 15.9. The molecule has 14 nitrogen and oxygen atoms in total. The van der Waals surface area contributed by atoms with Crippen molar-refractivity contribution in [3.63, 3.8) is 0 Å². The van der Waals surface area contributed by atoms with Crippen molar-refractivity contribution < 1.29 is 51.3 Å². The van der Waals surface area contributed by atoms with Crippen molar-refractivity contribution in [2.24, 2.45) is 9.98 Å². The van der Waals surface area contributed by atoms with Gasteiger partial charge >= 0.3 is 6.18 Å². The molecule has 1 fully saturated rings. The molecule has 0 aromatic heterocycles. The topological polar surface area (TPSA) is 152 Å². The summed E-state index contributed by atoms with van der Waals surface area (Å²) in [5.41, 5.74) is 5.21. The van der Waals surface area contributed by atoms with Crippen molar-refractivity contribution >= 4 is 57.8 Å². The molecule has 0 radical (unpaired) electrons. The van der Waals surface area contributed by atoms with E-state index in [1.54, 1.807) is 32.3 Å². The fraction of sp³-hybridized carbons (Fsp3) is 0.490. The second-order valence-corrected chi connectivity index (χ2v) is 14.4. The van der Waals surface area contributed by atoms with E-state index in [0.717, 1.165) is 57.3 Å². The maximum absolute atomic E-state index is 13.1. The van der Waals surface area contributed by atoms with E-state index < -0.39 is 41.4 Å². The number of carbonyl (C=O) groups excluding carboxylic acids is 4. The summed E-state index contributed by atoms with van der Waals surface area (Å²) in [4.78, 5) is 62.8. The SMILES string of the molecule is C=C(C)c1ccc2c(c1)C(=NC)C(=NC)N2c1ccc(C(F)(F)F)cc1.CC.CC.CC.CCCOCCOCCOCCOCCNc1cccc2c1C(=O)N(C1CCN(C(C)=O)C1=O)C2=O. The number of anilines is 3. The van der Waals surface area contributed by atoms with Crippen LogP contribution in [0.25, 0.3) is 5.57 Å². The quantitative estimate of drug-likeness (QED) is 0.0964. The molecule has 17 heteroatoms. The second-order valence-electron chi connectivity index (χ2n) is 14.4. The minimum Gasteiger partial charge on any atom is -0.382 e. The number of hydrogen-bond donors (Lipinski definition) is 1. The number of nitrogens with one attached hydrogen (secondary N) is 1. The maximum atomic E-state index is 13.1. The van der Waals surface area contributed by atoms with Crippen LogP contribution in [0.15, 0.2) is 77.2 Å². The van der Waals surface area contributed by atoms with Gasteiger partial charge in [0, 0.05) is 57.7 Å². The Labute approximate surface area is 400 Å². The second kappa shape index (κ2) is 29.9. The van der Waals surface area contributed by atoms with Gasteiger partial charge in [-0.3, -0.25) is 43.9 Å². The molecular weight excluding hydrogens is 882 g/mol. The summed E-state index contributed by atoms with van der Waals surface area (Å²) in [7, 11) is 3.32. The van der Waals surface area contributed by atoms with Crippen LogP contribution in [-0.2, 0) is 34.7 Å². The number of ether oxygens (including phenoxy) is 4. The van der Waals surface area contributed by atoms with Gasteiger partial charge in [-0.25, -0.2) is 0 Å². The van der Waals surface area contributed by atoms with Gasteiger partial charge in [-0.2, -0.15) is 13.2 Å². The van der Waals surface area contributed by atoms with Crippen LogP contribution in [0.5, 0.6) is 0 Å². The first-order valence-electron chi connectivity index (χ1n) is 23.3. The zero-order chi connectivity index (χ0) is 51.0. The molecule has 6 rings (SSSR count). The molecule has 0 aliphatic carbocycles. The molecule has 1 N–H and O–H groups in total. The number of benzene rings is 3. The molecule has 1 saturated heterocycles. The van der Waals surface area contributed by atoms with Gasteiger partial charge in [0.05, 0.1) is 68.6 Å². The van der Waals surface area contributed by atoms with E-state index >= 15 is 0 Å². The van der Waals surface area contributed by atoms with Crippen molar-refractivity contribution in [1.82, 2.24) is 9.80 Å². The van der Waals surface area contributed by atoms with E-state index in [9.17, 15) is 32.3 Å². The van der Waals surface area contributed by atoms with Crippen LogP contribution in [0.4, 0.5) is 30.2 Å². The number of nitrogens with zero attached hydrogens (tertiary/aromatic N) is 5. The van der Waals surface area contributed by atoms with E-state index in [2.05, 4.69) is 28.8 Å². The number of halogens is 3. The van der Waals surface area contributed by atoms with Gasteiger partial charge in [0.2, 0.25) is 5.91 Å². The molecule has 3 aliphatic rings. The predicted molar refractivity (Wildman–Crippen MR) is 264 cm³/mol. The highest BCUT2D eigenvalue weighted by Gasteiger charge is 2.48. The standard InChI is InChI=1S/C25H35N3O8.C20H18F3N3.3C2H6/c1-3-10-33-12-14-35-16-17-36-15-13-34-11-8-26-20-6-4-5-19-22(20)25(32)28(23(19)30)21-7-9-27(18(2)29)24(21)31;1-12(2)13-5-10-17-16(11-13)18(24-3)19(25-4)26(17)15-8-6-14(7-9-15)20(21,22)23;3*1-2/h4-6,21,26H,3,7-17H2,1-2H3;5-11H,1H2,2-4H3;3*1-2H3. The first-order chi connectivity index (χ1) is 32.7. The van der Waals surface area contributed by atoms with Gasteiger partial charge in [-0.05, 0) is 73.9 Å². The van der Waals surface area contributed by atoms with E-state index in [-0.39, 0.29) is 24.1 Å². The van der Waals surface area contributed by atoms with Crippen molar-refractivity contribution in [3.8, 4) is 0 Å². The Bertz CT molecular complexity index is 2180. The van der Waals surface area contributed by atoms with Crippen LogP contribution >= 0.6 is 0 Å². The monoisotopic (exact) mass is 953 g/mol. The highest BCUT2D eigenvalue weighted by atomic mass is 19.4. The highest BCUT2D eigenvalue weighted by molar-refractivity contribution is 6.57. The number of hydrogen-bond acceptors (Lipinski definition) is 11. The van der Waals surface area contributed by atoms with Crippen molar-refractivity contribution in [2.75, 3.05) is 90.3 Å². The lowest BCUT2D eigenvalue weighted by atomic mass is 10.0. The molecular formula is C51H71F3N6O8. The minimum atomic E-state index is -4.37. The van der Waals surface area contributed by atoms with Crippen LogP contribution in [0.2, 0.25) is 0 Å². The van der Waals surface area contributed by atoms with E-state index in [4.69, 9.17) is 18.9 Å². The van der Waals surface area contributed by atoms with Gasteiger partial charge in [-0.1, -0.05) is 72.8 Å². The third kappa shape index (κ3) is 15.1. The number of amides is 4. The maximum Gasteiger partial charge on any atom is 0.416 e. The first-order valence-corrected chi connectivity index (χ1v) is 23.3. The van der Waals surface area contributed by atoms with E-state index in [1.165, 1.54) is 19.1 Å². The Morgan fingerprint density at radius 2 is 1.34 bits per heavy atom. The molecule has 3 aromatic rings. The molecule has 0 spiro atoms. The summed E-state index contributed by atoms with van der Waals surface area (Å²) in [6, 6.07) is 14.9. The number of allylic oxidation sites excluding steroid dienone is 1. The first kappa shape index (κ1) is 58.4. The molecule has 374 valence electrons. The minimum absolute atomic E-state index is 0.194. The molecule has 0 saturated carbocycles. The summed E-state index contributed by atoms with van der Waals surface area (Å²) in [5, 5.41) is 3.14. The highest BCUT2D eigenvalue weighted by Crippen LogP contribution is 2.39. The predicted octanol–water partition coefficient (Wildman–Crippen LogP) is 9.73. The molecule has 0 bridgehead atoms. The average molecular weight is 953 g/mol. The van der Waals surface area contributed by atoms with Gasteiger partial charge in [0.15, 0.2) is 5.84 Å². The van der Waals surface area contributed by atoms with E-state index in [1.807, 2.05) is 71.6 Å². The van der Waals surface area contributed by atoms with Crippen LogP contribution in [0.1, 0.15) is 113 Å². The Kier molecular flexibility index (Phi) is 25.7. The lowest BCUT2D eigenvalue weighted by molar-refractivity contribution is -0.142. The van der Waals surface area contributed by atoms with Crippen molar-refractivity contribution in [3.05, 3.63) is 95.1 Å². The average Bonchev–Trinajstić information content (AvgIpc) is 3.97. The van der Waals surface area contributed by atoms with Gasteiger partial charge in [-0.15, -0.1) is 0 Å². The lowest BCUT2D eigenvalue weighted by Gasteiger charge is -2.20. The van der Waals surface area contributed by atoms with Gasteiger partial charge in [0.25, 0.3) is 17.7 Å². The number of alkyl halides is 3. The van der Waals surface area contributed by atoms with E-state index in [0.29, 0.717) is 75.7 Å². The fourth-order valence-electron chi connectivity index (χ4n) is 7.13. The molecule has 3 heterocycles. The molecule has 3 aliphatic heterocycles. The van der Waals surface area contributed by atoms with Gasteiger partial charge < -0.3 is 24.3 Å². The van der Waals surface area contributed by atoms with Crippen LogP contribution < -0.4 is 10.2 Å². The van der Waals surface area contributed by atoms with Crippen LogP contribution in [0, 0.1) is 0 Å². The fourth-order valence-corrected chi connectivity index (χ4v) is 7.13. The number of likely N-dealkylation sites (tertiary alicyclic amines) is 1. The Morgan fingerprint density at radius 1 is 0.765 bits per heavy atom. The number of carbonyl (C=O) groups is 4. The Balaban J connectivity index is 0.000000437. The summed E-state index contributed by atoms with van der Waals surface area (Å²) in [6.45, 7) is 25.9. The number of aliphatic imine (C=N–C) groups is 2. The van der Waals surface area contributed by atoms with Crippen molar-refractivity contribution in [1.29, 1.82) is 0 Å². The number of amidine groups is 1. The summed E-state index contributed by atoms with van der Waals surface area (Å²) in [6.07, 6.45) is -3.13. The van der Waals surface area contributed by atoms with Crippen LogP contribution in [0.3, 0.4) is 0 Å². The lowest BCUT2D eigenvalue weighted by Crippen LogP contribution is -2.45. The third-order valence-corrected chi connectivity index (χ3v) is 10.1. The molecule has 3 aromatic carbocycles. The summed E-state index contributed by atoms with van der Waals surface area (Å²) >= 11 is 0. The summed E-state index contributed by atoms with van der Waals surface area (Å²) < 4.78 is 60.3.